The van der Waals surface area contributed by atoms with Gasteiger partial charge >= 0.3 is 0 Å². The lowest BCUT2D eigenvalue weighted by molar-refractivity contribution is 0.872. The minimum absolute atomic E-state index is 0.00803. The predicted octanol–water partition coefficient (Wildman–Crippen LogP) is 1.91. The standard InChI is InChI=1S/C10H14N2OS2/c1-6-7(2)11-9(12-10(6)13)8-5-14-3-4-15-8/h8H,3-5H2,1-2H3,(H,11,12,13). The Morgan fingerprint density at radius 3 is 2.80 bits per heavy atom. The number of aryl methyl sites for hydroxylation is 1. The maximum absolute atomic E-state index is 11.6. The second-order valence-corrected chi connectivity index (χ2v) is 6.06. The predicted molar refractivity (Wildman–Crippen MR) is 66.9 cm³/mol. The van der Waals surface area contributed by atoms with Gasteiger partial charge in [0.05, 0.1) is 5.25 Å². The monoisotopic (exact) mass is 242 g/mol. The number of hydrogen-bond donors (Lipinski definition) is 1. The summed E-state index contributed by atoms with van der Waals surface area (Å²) in [5.41, 5.74) is 1.59. The van der Waals surface area contributed by atoms with E-state index in [1.54, 1.807) is 0 Å². The van der Waals surface area contributed by atoms with Crippen LogP contribution < -0.4 is 5.56 Å². The summed E-state index contributed by atoms with van der Waals surface area (Å²) in [7, 11) is 0. The molecule has 1 atom stereocenters. The van der Waals surface area contributed by atoms with E-state index >= 15 is 0 Å². The van der Waals surface area contributed by atoms with E-state index in [4.69, 9.17) is 0 Å². The highest BCUT2D eigenvalue weighted by Crippen LogP contribution is 2.34. The number of aromatic nitrogens is 2. The Bertz CT molecular complexity index is 410. The molecule has 82 valence electrons. The quantitative estimate of drug-likeness (QED) is 0.817. The van der Waals surface area contributed by atoms with Crippen molar-refractivity contribution in [2.24, 2.45) is 0 Å². The number of H-pyrrole nitrogens is 1. The number of thioether (sulfide) groups is 2. The highest BCUT2D eigenvalue weighted by atomic mass is 32.2. The summed E-state index contributed by atoms with van der Waals surface area (Å²) in [4.78, 5) is 18.9. The molecule has 1 aliphatic rings. The Morgan fingerprint density at radius 2 is 2.20 bits per heavy atom. The topological polar surface area (TPSA) is 45.8 Å². The first-order chi connectivity index (χ1) is 7.18. The van der Waals surface area contributed by atoms with E-state index in [9.17, 15) is 4.79 Å². The van der Waals surface area contributed by atoms with Crippen molar-refractivity contribution >= 4 is 23.5 Å². The maximum atomic E-state index is 11.6. The van der Waals surface area contributed by atoms with Crippen LogP contribution in [0, 0.1) is 13.8 Å². The third-order valence-corrected chi connectivity index (χ3v) is 5.30. The van der Waals surface area contributed by atoms with Gasteiger partial charge in [-0.15, -0.1) is 11.8 Å². The van der Waals surface area contributed by atoms with Crippen LogP contribution in [0.4, 0.5) is 0 Å². The number of nitrogens with one attached hydrogen (secondary N) is 1. The summed E-state index contributed by atoms with van der Waals surface area (Å²) >= 11 is 3.82. The fraction of sp³-hybridized carbons (Fsp3) is 0.600. The molecule has 0 amide bonds. The number of rotatable bonds is 1. The molecule has 0 bridgehead atoms. The Balaban J connectivity index is 2.32. The molecule has 5 heteroatoms. The highest BCUT2D eigenvalue weighted by molar-refractivity contribution is 8.06. The van der Waals surface area contributed by atoms with Crippen LogP contribution in [0.2, 0.25) is 0 Å². The van der Waals surface area contributed by atoms with Crippen molar-refractivity contribution < 1.29 is 0 Å². The van der Waals surface area contributed by atoms with Crippen LogP contribution in [0.5, 0.6) is 0 Å². The lowest BCUT2D eigenvalue weighted by Gasteiger charge is -2.20. The van der Waals surface area contributed by atoms with Crippen molar-refractivity contribution in [1.82, 2.24) is 9.97 Å². The fourth-order valence-electron chi connectivity index (χ4n) is 1.46. The first-order valence-electron chi connectivity index (χ1n) is 4.95. The van der Waals surface area contributed by atoms with E-state index in [2.05, 4.69) is 9.97 Å². The fourth-order valence-corrected chi connectivity index (χ4v) is 4.09. The normalized spacial score (nSPS) is 21.6. The second-order valence-electron chi connectivity index (χ2n) is 3.60. The van der Waals surface area contributed by atoms with Crippen LogP contribution in [0.1, 0.15) is 22.3 Å². The van der Waals surface area contributed by atoms with E-state index in [0.717, 1.165) is 28.6 Å². The molecule has 1 fully saturated rings. The summed E-state index contributed by atoms with van der Waals surface area (Å²) in [5.74, 6) is 4.25. The Kier molecular flexibility index (Phi) is 3.41. The van der Waals surface area contributed by atoms with Gasteiger partial charge in [0.15, 0.2) is 0 Å². The van der Waals surface area contributed by atoms with Gasteiger partial charge in [-0.3, -0.25) is 4.79 Å². The molecule has 1 aromatic rings. The molecule has 0 aromatic carbocycles. The van der Waals surface area contributed by atoms with Crippen LogP contribution in [-0.4, -0.2) is 27.2 Å². The smallest absolute Gasteiger partial charge is 0.254 e. The van der Waals surface area contributed by atoms with Crippen LogP contribution in [0.15, 0.2) is 4.79 Å². The molecule has 0 saturated carbocycles. The first-order valence-corrected chi connectivity index (χ1v) is 7.15. The number of aromatic amines is 1. The summed E-state index contributed by atoms with van der Waals surface area (Å²) in [6.45, 7) is 3.71. The zero-order valence-electron chi connectivity index (χ0n) is 8.87. The van der Waals surface area contributed by atoms with E-state index in [0.29, 0.717) is 5.25 Å². The summed E-state index contributed by atoms with van der Waals surface area (Å²) in [5, 5.41) is 0.357. The Labute approximate surface area is 97.5 Å². The largest absolute Gasteiger partial charge is 0.309 e. The second kappa shape index (κ2) is 4.61. The van der Waals surface area contributed by atoms with Gasteiger partial charge in [0.1, 0.15) is 5.82 Å². The average Bonchev–Trinajstić information content (AvgIpc) is 2.26. The molecule has 1 N–H and O–H groups in total. The van der Waals surface area contributed by atoms with E-state index in [1.807, 2.05) is 37.4 Å². The van der Waals surface area contributed by atoms with E-state index < -0.39 is 0 Å². The van der Waals surface area contributed by atoms with Crippen molar-refractivity contribution in [3.63, 3.8) is 0 Å². The lowest BCUT2D eigenvalue weighted by Crippen LogP contribution is -2.20. The molecular formula is C10H14N2OS2. The van der Waals surface area contributed by atoms with Crippen molar-refractivity contribution in [2.75, 3.05) is 17.3 Å². The summed E-state index contributed by atoms with van der Waals surface area (Å²) < 4.78 is 0. The SMILES string of the molecule is Cc1nc(C2CSCCS2)[nH]c(=O)c1C. The van der Waals surface area contributed by atoms with Crippen LogP contribution >= 0.6 is 23.5 Å². The number of nitrogens with zero attached hydrogens (tertiary/aromatic N) is 1. The third-order valence-electron chi connectivity index (χ3n) is 2.53. The van der Waals surface area contributed by atoms with Crippen molar-refractivity contribution in [3.05, 3.63) is 27.4 Å². The molecular weight excluding hydrogens is 228 g/mol. The molecule has 1 unspecified atom stereocenters. The van der Waals surface area contributed by atoms with Crippen LogP contribution in [0.25, 0.3) is 0 Å². The summed E-state index contributed by atoms with van der Waals surface area (Å²) in [6.07, 6.45) is 0. The zero-order chi connectivity index (χ0) is 10.8. The molecule has 0 spiro atoms. The van der Waals surface area contributed by atoms with Gasteiger partial charge in [-0.05, 0) is 13.8 Å². The first kappa shape index (κ1) is 11.1. The molecule has 15 heavy (non-hydrogen) atoms. The van der Waals surface area contributed by atoms with E-state index in [-0.39, 0.29) is 5.56 Å². The Hall–Kier alpha value is -0.420. The minimum Gasteiger partial charge on any atom is -0.309 e. The van der Waals surface area contributed by atoms with Crippen LogP contribution in [-0.2, 0) is 0 Å². The van der Waals surface area contributed by atoms with Gasteiger partial charge in [0.25, 0.3) is 5.56 Å². The van der Waals surface area contributed by atoms with Gasteiger partial charge in [0, 0.05) is 28.5 Å². The van der Waals surface area contributed by atoms with Gasteiger partial charge in [-0.1, -0.05) is 0 Å². The highest BCUT2D eigenvalue weighted by Gasteiger charge is 2.19. The molecule has 0 aliphatic carbocycles. The molecule has 2 rings (SSSR count). The molecule has 1 aliphatic heterocycles. The maximum Gasteiger partial charge on any atom is 0.254 e. The minimum atomic E-state index is 0.00803. The van der Waals surface area contributed by atoms with Gasteiger partial charge in [0.2, 0.25) is 0 Å². The number of hydrogen-bond acceptors (Lipinski definition) is 4. The third kappa shape index (κ3) is 2.39. The van der Waals surface area contributed by atoms with Gasteiger partial charge in [-0.2, -0.15) is 11.8 Å². The van der Waals surface area contributed by atoms with Gasteiger partial charge < -0.3 is 4.98 Å². The van der Waals surface area contributed by atoms with Crippen molar-refractivity contribution in [3.8, 4) is 0 Å². The zero-order valence-corrected chi connectivity index (χ0v) is 10.5. The molecule has 3 nitrogen and oxygen atoms in total. The van der Waals surface area contributed by atoms with E-state index in [1.165, 1.54) is 5.75 Å². The van der Waals surface area contributed by atoms with Crippen molar-refractivity contribution in [2.45, 2.75) is 19.1 Å². The molecule has 2 heterocycles. The average molecular weight is 242 g/mol. The van der Waals surface area contributed by atoms with Crippen molar-refractivity contribution in [1.29, 1.82) is 0 Å². The molecule has 0 radical (unpaired) electrons. The lowest BCUT2D eigenvalue weighted by atomic mass is 10.2. The molecule has 1 saturated heterocycles. The summed E-state index contributed by atoms with van der Waals surface area (Å²) in [6, 6.07) is 0. The Morgan fingerprint density at radius 1 is 1.40 bits per heavy atom. The van der Waals surface area contributed by atoms with Gasteiger partial charge in [-0.25, -0.2) is 4.98 Å². The molecule has 1 aromatic heterocycles. The van der Waals surface area contributed by atoms with Crippen LogP contribution in [0.3, 0.4) is 0 Å².